The smallest absolute Gasteiger partial charge is 0.257 e. The van der Waals surface area contributed by atoms with Crippen molar-refractivity contribution in [2.45, 2.75) is 6.92 Å². The third-order valence-electron chi connectivity index (χ3n) is 4.78. The van der Waals surface area contributed by atoms with E-state index >= 15 is 0 Å². The van der Waals surface area contributed by atoms with Gasteiger partial charge >= 0.3 is 0 Å². The number of hydrogen-bond acceptors (Lipinski definition) is 7. The van der Waals surface area contributed by atoms with E-state index in [9.17, 15) is 4.79 Å². The van der Waals surface area contributed by atoms with E-state index < -0.39 is 0 Å². The highest BCUT2D eigenvalue weighted by Gasteiger charge is 2.13. The van der Waals surface area contributed by atoms with Crippen LogP contribution in [0.2, 0.25) is 5.02 Å². The van der Waals surface area contributed by atoms with Gasteiger partial charge in [0.2, 0.25) is 0 Å². The summed E-state index contributed by atoms with van der Waals surface area (Å²) in [6.45, 7) is 1.93. The number of amides is 1. The highest BCUT2D eigenvalue weighted by Crippen LogP contribution is 2.23. The molecule has 0 aliphatic rings. The first kappa shape index (κ1) is 20.4. The summed E-state index contributed by atoms with van der Waals surface area (Å²) in [4.78, 5) is 14.1. The number of thiocarbonyl (C=S) groups is 1. The summed E-state index contributed by atoms with van der Waals surface area (Å²) in [5.41, 5.74) is 5.74. The molecule has 3 aromatic carbocycles. The molecule has 5 rings (SSSR count). The van der Waals surface area contributed by atoms with Crippen LogP contribution in [0.5, 0.6) is 0 Å². The molecule has 0 radical (unpaired) electrons. The summed E-state index contributed by atoms with van der Waals surface area (Å²) in [6, 6.07) is 16.1. The highest BCUT2D eigenvalue weighted by molar-refractivity contribution is 7.80. The summed E-state index contributed by atoms with van der Waals surface area (Å²) < 4.78 is 8.30. The molecule has 0 aliphatic heterocycles. The predicted octanol–water partition coefficient (Wildman–Crippen LogP) is 4.51. The second-order valence-electron chi connectivity index (χ2n) is 7.00. The number of carbonyl (C=O) groups excluding carboxylic acids is 1. The van der Waals surface area contributed by atoms with E-state index in [0.717, 1.165) is 39.7 Å². The van der Waals surface area contributed by atoms with Crippen LogP contribution in [0.4, 0.5) is 5.69 Å². The molecule has 0 saturated heterocycles. The summed E-state index contributed by atoms with van der Waals surface area (Å²) in [7, 11) is 0. The Morgan fingerprint density at radius 2 is 1.69 bits per heavy atom. The van der Waals surface area contributed by atoms with Gasteiger partial charge in [-0.1, -0.05) is 11.6 Å². The third-order valence-corrected chi connectivity index (χ3v) is 5.79. The molecule has 2 heterocycles. The quantitative estimate of drug-likeness (QED) is 0.367. The average molecular weight is 480 g/mol. The van der Waals surface area contributed by atoms with Crippen LogP contribution < -0.4 is 10.6 Å². The third kappa shape index (κ3) is 4.03. The molecule has 5 aromatic rings. The number of fused-ring (bicyclic) bond motifs is 2. The zero-order valence-electron chi connectivity index (χ0n) is 16.5. The van der Waals surface area contributed by atoms with E-state index in [1.54, 1.807) is 35.1 Å². The monoisotopic (exact) mass is 479 g/mol. The van der Waals surface area contributed by atoms with Gasteiger partial charge in [-0.25, -0.2) is 0 Å². The number of nitrogens with one attached hydrogen (secondary N) is 2. The molecule has 32 heavy (non-hydrogen) atoms. The fraction of sp³-hybridized carbons (Fsp3) is 0.0476. The van der Waals surface area contributed by atoms with Crippen molar-refractivity contribution in [3.63, 3.8) is 0 Å². The summed E-state index contributed by atoms with van der Waals surface area (Å²) in [5.74, 6) is -0.329. The lowest BCUT2D eigenvalue weighted by molar-refractivity contribution is 0.0978. The largest absolute Gasteiger partial charge is 0.332 e. The lowest BCUT2D eigenvalue weighted by atomic mass is 10.1. The molecule has 0 aliphatic carbocycles. The molecule has 0 fully saturated rings. The van der Waals surface area contributed by atoms with Gasteiger partial charge in [-0.2, -0.15) is 13.5 Å². The highest BCUT2D eigenvalue weighted by atomic mass is 35.5. The van der Waals surface area contributed by atoms with Crippen molar-refractivity contribution in [2.75, 3.05) is 5.32 Å². The van der Waals surface area contributed by atoms with Crippen LogP contribution in [-0.2, 0) is 0 Å². The molecule has 1 amide bonds. The number of hydrogen-bond donors (Lipinski definition) is 2. The van der Waals surface area contributed by atoms with Gasteiger partial charge in [-0.3, -0.25) is 10.1 Å². The maximum Gasteiger partial charge on any atom is 0.257 e. The zero-order chi connectivity index (χ0) is 22.2. The minimum absolute atomic E-state index is 0.180. The van der Waals surface area contributed by atoms with Crippen LogP contribution in [0.1, 0.15) is 15.9 Å². The maximum atomic E-state index is 12.6. The fourth-order valence-electron chi connectivity index (χ4n) is 3.14. The number of carbonyl (C=O) groups is 1. The Morgan fingerprint density at radius 3 is 2.47 bits per heavy atom. The molecule has 0 unspecified atom stereocenters. The van der Waals surface area contributed by atoms with Gasteiger partial charge in [0, 0.05) is 16.3 Å². The normalized spacial score (nSPS) is 11.1. The number of rotatable bonds is 3. The van der Waals surface area contributed by atoms with Gasteiger partial charge < -0.3 is 5.32 Å². The van der Waals surface area contributed by atoms with Gasteiger partial charge in [-0.15, -0.1) is 10.2 Å². The van der Waals surface area contributed by atoms with Crippen LogP contribution in [0.15, 0.2) is 54.6 Å². The Labute approximate surface area is 196 Å². The molecule has 158 valence electrons. The first-order valence-corrected chi connectivity index (χ1v) is 11.0. The Morgan fingerprint density at radius 1 is 0.969 bits per heavy atom. The van der Waals surface area contributed by atoms with E-state index in [-0.39, 0.29) is 11.0 Å². The molecule has 8 nitrogen and oxygen atoms in total. The van der Waals surface area contributed by atoms with Gasteiger partial charge in [0.1, 0.15) is 22.1 Å². The van der Waals surface area contributed by atoms with Crippen LogP contribution in [0, 0.1) is 6.92 Å². The van der Waals surface area contributed by atoms with Crippen LogP contribution in [0.3, 0.4) is 0 Å². The second kappa shape index (κ2) is 8.23. The lowest BCUT2D eigenvalue weighted by Crippen LogP contribution is -2.34. The molecule has 2 N–H and O–H groups in total. The van der Waals surface area contributed by atoms with Crippen molar-refractivity contribution >= 4 is 74.3 Å². The van der Waals surface area contributed by atoms with E-state index in [1.165, 1.54) is 0 Å². The van der Waals surface area contributed by atoms with Crippen molar-refractivity contribution in [1.82, 2.24) is 29.1 Å². The molecular weight excluding hydrogens is 466 g/mol. The van der Waals surface area contributed by atoms with Gasteiger partial charge in [-0.05, 0) is 79.3 Å². The Balaban J connectivity index is 1.34. The van der Waals surface area contributed by atoms with E-state index in [0.29, 0.717) is 21.6 Å². The van der Waals surface area contributed by atoms with Gasteiger partial charge in [0.05, 0.1) is 17.4 Å². The molecule has 0 spiro atoms. The average Bonchev–Trinajstić information content (AvgIpc) is 3.40. The van der Waals surface area contributed by atoms with Crippen molar-refractivity contribution in [1.29, 1.82) is 0 Å². The molecule has 0 saturated carbocycles. The number of nitrogens with zero attached hydrogens (tertiary/aromatic N) is 5. The molecule has 0 atom stereocenters. The van der Waals surface area contributed by atoms with E-state index in [1.807, 2.05) is 31.2 Å². The molecule has 0 bridgehead atoms. The number of aromatic nitrogens is 5. The van der Waals surface area contributed by atoms with Crippen LogP contribution in [0.25, 0.3) is 27.8 Å². The van der Waals surface area contributed by atoms with Gasteiger partial charge in [0.25, 0.3) is 5.91 Å². The number of aryl methyl sites for hydroxylation is 1. The summed E-state index contributed by atoms with van der Waals surface area (Å²) in [6.07, 6.45) is 0. The minimum atomic E-state index is -0.329. The Kier molecular flexibility index (Phi) is 5.25. The van der Waals surface area contributed by atoms with Crippen molar-refractivity contribution < 1.29 is 4.79 Å². The van der Waals surface area contributed by atoms with Crippen molar-refractivity contribution in [2.24, 2.45) is 0 Å². The first-order chi connectivity index (χ1) is 15.5. The topological polar surface area (TPSA) is 97.6 Å². The SMILES string of the molecule is Cc1cc2nn(-c3ccc(Cl)cc3)nc2cc1NC(=S)NC(=O)c1ccc2nsnc2c1. The number of anilines is 1. The van der Waals surface area contributed by atoms with Crippen molar-refractivity contribution in [3.8, 4) is 5.69 Å². The van der Waals surface area contributed by atoms with E-state index in [4.69, 9.17) is 23.8 Å². The summed E-state index contributed by atoms with van der Waals surface area (Å²) in [5, 5.41) is 15.6. The molecule has 11 heteroatoms. The van der Waals surface area contributed by atoms with Crippen LogP contribution >= 0.6 is 35.5 Å². The maximum absolute atomic E-state index is 12.6. The van der Waals surface area contributed by atoms with Crippen molar-refractivity contribution in [3.05, 3.63) is 70.7 Å². The lowest BCUT2D eigenvalue weighted by Gasteiger charge is -2.11. The Bertz CT molecular complexity index is 1490. The minimum Gasteiger partial charge on any atom is -0.332 e. The van der Waals surface area contributed by atoms with Gasteiger partial charge in [0.15, 0.2) is 5.11 Å². The number of halogens is 1. The van der Waals surface area contributed by atoms with E-state index in [2.05, 4.69) is 29.6 Å². The first-order valence-electron chi connectivity index (χ1n) is 9.44. The Hall–Kier alpha value is -3.47. The zero-order valence-corrected chi connectivity index (χ0v) is 18.9. The predicted molar refractivity (Wildman–Crippen MR) is 130 cm³/mol. The summed E-state index contributed by atoms with van der Waals surface area (Å²) >= 11 is 12.4. The number of benzene rings is 3. The molecule has 2 aromatic heterocycles. The molecular formula is C21H14ClN7OS2. The van der Waals surface area contributed by atoms with Crippen LogP contribution in [-0.4, -0.2) is 34.8 Å². The second-order valence-corrected chi connectivity index (χ2v) is 8.37. The fourth-order valence-corrected chi connectivity index (χ4v) is 3.99. The standard InChI is InChI=1S/C21H14ClN7OS2/c1-11-8-17-18(26-29(25-17)14-5-3-13(22)4-6-14)10-16(11)23-21(31)24-20(30)12-2-7-15-19(9-12)28-32-27-15/h2-10H,1H3,(H2,23,24,30,31).